The minimum Gasteiger partial charge on any atom is -0.381 e. The standard InChI is InChI=1S/C8H13ClO2/c1-11-7-3-2-6(4-7)5-8(9)10/h6-7H,2-5H2,1H3. The van der Waals surface area contributed by atoms with Gasteiger partial charge in [0.1, 0.15) is 0 Å². The fourth-order valence-electron chi connectivity index (χ4n) is 1.66. The fraction of sp³-hybridized carbons (Fsp3) is 0.875. The van der Waals surface area contributed by atoms with Crippen molar-refractivity contribution in [2.24, 2.45) is 5.92 Å². The lowest BCUT2D eigenvalue weighted by Gasteiger charge is -2.06. The summed E-state index contributed by atoms with van der Waals surface area (Å²) in [4.78, 5) is 10.5. The summed E-state index contributed by atoms with van der Waals surface area (Å²) in [5.41, 5.74) is 0. The second kappa shape index (κ2) is 4.07. The van der Waals surface area contributed by atoms with Crippen LogP contribution in [0.4, 0.5) is 0 Å². The van der Waals surface area contributed by atoms with E-state index >= 15 is 0 Å². The van der Waals surface area contributed by atoms with Crippen LogP contribution in [-0.2, 0) is 9.53 Å². The molecule has 11 heavy (non-hydrogen) atoms. The van der Waals surface area contributed by atoms with Gasteiger partial charge in [-0.25, -0.2) is 0 Å². The Labute approximate surface area is 71.9 Å². The quantitative estimate of drug-likeness (QED) is 0.615. The van der Waals surface area contributed by atoms with E-state index < -0.39 is 0 Å². The number of hydrogen-bond donors (Lipinski definition) is 0. The van der Waals surface area contributed by atoms with Gasteiger partial charge in [-0.2, -0.15) is 0 Å². The lowest BCUT2D eigenvalue weighted by Crippen LogP contribution is -2.06. The first-order valence-electron chi connectivity index (χ1n) is 3.93. The molecule has 0 amide bonds. The molecule has 0 aromatic heterocycles. The van der Waals surface area contributed by atoms with Crippen LogP contribution in [0, 0.1) is 5.92 Å². The van der Waals surface area contributed by atoms with Gasteiger partial charge in [0.15, 0.2) is 0 Å². The monoisotopic (exact) mass is 176 g/mol. The molecular formula is C8H13ClO2. The van der Waals surface area contributed by atoms with Gasteiger partial charge in [0.2, 0.25) is 5.24 Å². The van der Waals surface area contributed by atoms with Crippen LogP contribution in [-0.4, -0.2) is 18.5 Å². The van der Waals surface area contributed by atoms with Crippen LogP contribution in [0.25, 0.3) is 0 Å². The van der Waals surface area contributed by atoms with E-state index in [1.54, 1.807) is 7.11 Å². The smallest absolute Gasteiger partial charge is 0.221 e. The SMILES string of the molecule is COC1CCC(CC(=O)Cl)C1. The highest BCUT2D eigenvalue weighted by molar-refractivity contribution is 6.63. The number of carbonyl (C=O) groups is 1. The van der Waals surface area contributed by atoms with Gasteiger partial charge in [0.25, 0.3) is 0 Å². The molecule has 0 heterocycles. The number of carbonyl (C=O) groups excluding carboxylic acids is 1. The van der Waals surface area contributed by atoms with E-state index in [0.717, 1.165) is 19.3 Å². The Morgan fingerprint density at radius 3 is 2.82 bits per heavy atom. The number of ether oxygens (including phenoxy) is 1. The maximum atomic E-state index is 10.5. The molecule has 0 aromatic carbocycles. The van der Waals surface area contributed by atoms with Gasteiger partial charge >= 0.3 is 0 Å². The first-order valence-corrected chi connectivity index (χ1v) is 4.31. The van der Waals surface area contributed by atoms with Gasteiger partial charge in [0.05, 0.1) is 6.10 Å². The molecule has 3 heteroatoms. The fourth-order valence-corrected chi connectivity index (χ4v) is 1.87. The minimum atomic E-state index is -0.216. The van der Waals surface area contributed by atoms with Gasteiger partial charge in [-0.05, 0) is 36.8 Å². The summed E-state index contributed by atoms with van der Waals surface area (Å²) >= 11 is 5.27. The summed E-state index contributed by atoms with van der Waals surface area (Å²) in [5, 5.41) is -0.216. The second-order valence-corrected chi connectivity index (χ2v) is 3.52. The number of hydrogen-bond acceptors (Lipinski definition) is 2. The molecule has 0 aromatic rings. The summed E-state index contributed by atoms with van der Waals surface area (Å²) in [6.45, 7) is 0. The average Bonchev–Trinajstić information content (AvgIpc) is 2.34. The van der Waals surface area contributed by atoms with Gasteiger partial charge in [-0.15, -0.1) is 0 Å². The van der Waals surface area contributed by atoms with Crippen LogP contribution in [0.5, 0.6) is 0 Å². The summed E-state index contributed by atoms with van der Waals surface area (Å²) in [7, 11) is 1.72. The van der Waals surface area contributed by atoms with Crippen LogP contribution in [0.3, 0.4) is 0 Å². The van der Waals surface area contributed by atoms with Crippen molar-refractivity contribution in [2.45, 2.75) is 31.8 Å². The van der Waals surface area contributed by atoms with Gasteiger partial charge in [-0.3, -0.25) is 4.79 Å². The van der Waals surface area contributed by atoms with E-state index in [1.165, 1.54) is 0 Å². The highest BCUT2D eigenvalue weighted by atomic mass is 35.5. The summed E-state index contributed by atoms with van der Waals surface area (Å²) in [6, 6.07) is 0. The Bertz CT molecular complexity index is 147. The maximum absolute atomic E-state index is 10.5. The van der Waals surface area contributed by atoms with Crippen LogP contribution in [0.15, 0.2) is 0 Å². The topological polar surface area (TPSA) is 26.3 Å². The summed E-state index contributed by atoms with van der Waals surface area (Å²) in [5.74, 6) is 0.463. The van der Waals surface area contributed by atoms with E-state index in [-0.39, 0.29) is 5.24 Å². The number of methoxy groups -OCH3 is 1. The molecule has 1 aliphatic rings. The Kier molecular flexibility index (Phi) is 3.34. The third-order valence-electron chi connectivity index (χ3n) is 2.28. The molecule has 2 unspecified atom stereocenters. The Morgan fingerprint density at radius 1 is 1.64 bits per heavy atom. The van der Waals surface area contributed by atoms with Crippen LogP contribution >= 0.6 is 11.6 Å². The van der Waals surface area contributed by atoms with E-state index in [2.05, 4.69) is 0 Å². The largest absolute Gasteiger partial charge is 0.381 e. The van der Waals surface area contributed by atoms with Crippen molar-refractivity contribution in [3.05, 3.63) is 0 Å². The molecule has 0 radical (unpaired) electrons. The zero-order chi connectivity index (χ0) is 8.27. The molecule has 0 spiro atoms. The van der Waals surface area contributed by atoms with Crippen molar-refractivity contribution in [1.82, 2.24) is 0 Å². The molecular weight excluding hydrogens is 164 g/mol. The zero-order valence-corrected chi connectivity index (χ0v) is 7.43. The van der Waals surface area contributed by atoms with Crippen molar-refractivity contribution >= 4 is 16.8 Å². The molecule has 1 aliphatic carbocycles. The molecule has 0 N–H and O–H groups in total. The Hall–Kier alpha value is -0.0800. The molecule has 0 aliphatic heterocycles. The third kappa shape index (κ3) is 2.80. The van der Waals surface area contributed by atoms with Crippen molar-refractivity contribution < 1.29 is 9.53 Å². The van der Waals surface area contributed by atoms with Crippen molar-refractivity contribution in [3.63, 3.8) is 0 Å². The zero-order valence-electron chi connectivity index (χ0n) is 6.68. The van der Waals surface area contributed by atoms with Crippen LogP contribution in [0.1, 0.15) is 25.7 Å². The van der Waals surface area contributed by atoms with Gasteiger partial charge in [-0.1, -0.05) is 0 Å². The first kappa shape index (κ1) is 9.01. The van der Waals surface area contributed by atoms with Crippen molar-refractivity contribution in [3.8, 4) is 0 Å². The molecule has 0 saturated heterocycles. The van der Waals surface area contributed by atoms with Crippen LogP contribution in [0.2, 0.25) is 0 Å². The van der Waals surface area contributed by atoms with E-state index in [0.29, 0.717) is 18.4 Å². The van der Waals surface area contributed by atoms with Crippen molar-refractivity contribution in [1.29, 1.82) is 0 Å². The molecule has 1 saturated carbocycles. The summed E-state index contributed by atoms with van der Waals surface area (Å²) in [6.07, 6.45) is 4.02. The van der Waals surface area contributed by atoms with Gasteiger partial charge in [0, 0.05) is 13.5 Å². The van der Waals surface area contributed by atoms with Crippen molar-refractivity contribution in [2.75, 3.05) is 7.11 Å². The molecule has 0 bridgehead atoms. The van der Waals surface area contributed by atoms with E-state index in [1.807, 2.05) is 0 Å². The van der Waals surface area contributed by atoms with Gasteiger partial charge < -0.3 is 4.74 Å². The predicted octanol–water partition coefficient (Wildman–Crippen LogP) is 1.96. The lowest BCUT2D eigenvalue weighted by molar-refractivity contribution is -0.112. The highest BCUT2D eigenvalue weighted by Gasteiger charge is 2.25. The first-order chi connectivity index (χ1) is 5.22. The highest BCUT2D eigenvalue weighted by Crippen LogP contribution is 2.30. The average molecular weight is 177 g/mol. The van der Waals surface area contributed by atoms with Crippen LogP contribution < -0.4 is 0 Å². The second-order valence-electron chi connectivity index (χ2n) is 3.10. The Balaban J connectivity index is 2.24. The maximum Gasteiger partial charge on any atom is 0.221 e. The molecule has 1 rings (SSSR count). The number of rotatable bonds is 3. The van der Waals surface area contributed by atoms with E-state index in [4.69, 9.17) is 16.3 Å². The molecule has 64 valence electrons. The minimum absolute atomic E-state index is 0.216. The number of halogens is 1. The lowest BCUT2D eigenvalue weighted by atomic mass is 10.1. The normalized spacial score (nSPS) is 30.7. The summed E-state index contributed by atoms with van der Waals surface area (Å²) < 4.78 is 5.17. The Morgan fingerprint density at radius 2 is 2.36 bits per heavy atom. The third-order valence-corrected chi connectivity index (χ3v) is 2.43. The molecule has 2 atom stereocenters. The predicted molar refractivity (Wildman–Crippen MR) is 43.6 cm³/mol. The molecule has 1 fully saturated rings. The van der Waals surface area contributed by atoms with E-state index in [9.17, 15) is 4.79 Å². The molecule has 2 nitrogen and oxygen atoms in total.